The number of carbonyl (C=O) groups excluding carboxylic acids is 1. The molecule has 1 aromatic heterocycles. The van der Waals surface area contributed by atoms with Gasteiger partial charge < -0.3 is 20.5 Å². The minimum Gasteiger partial charge on any atom is -0.480 e. The number of ether oxygens (including phenoxy) is 1. The van der Waals surface area contributed by atoms with Crippen molar-refractivity contribution in [2.24, 2.45) is 0 Å². The van der Waals surface area contributed by atoms with Crippen LogP contribution in [0.5, 0.6) is 0 Å². The molecule has 0 radical (unpaired) electrons. The maximum absolute atomic E-state index is 12.4. The summed E-state index contributed by atoms with van der Waals surface area (Å²) in [5.74, 6) is -0.521. The van der Waals surface area contributed by atoms with E-state index in [1.54, 1.807) is 6.20 Å². The molecule has 2 fully saturated rings. The van der Waals surface area contributed by atoms with Crippen LogP contribution < -0.4 is 10.6 Å². The van der Waals surface area contributed by atoms with E-state index in [2.05, 4.69) is 15.6 Å². The van der Waals surface area contributed by atoms with Crippen LogP contribution in [0.3, 0.4) is 0 Å². The predicted molar refractivity (Wildman–Crippen MR) is 104 cm³/mol. The van der Waals surface area contributed by atoms with E-state index in [9.17, 15) is 9.59 Å². The van der Waals surface area contributed by atoms with Crippen LogP contribution in [0.25, 0.3) is 0 Å². The molecular formula is C17H26BrN3O4S. The lowest BCUT2D eigenvalue weighted by Gasteiger charge is -2.28. The second-order valence-corrected chi connectivity index (χ2v) is 7.80. The highest BCUT2D eigenvalue weighted by Crippen LogP contribution is 2.29. The molecule has 3 rings (SSSR count). The summed E-state index contributed by atoms with van der Waals surface area (Å²) < 4.78 is 5.33. The zero-order valence-corrected chi connectivity index (χ0v) is 17.1. The van der Waals surface area contributed by atoms with Crippen molar-refractivity contribution in [2.75, 3.05) is 19.7 Å². The van der Waals surface area contributed by atoms with Gasteiger partial charge in [0.2, 0.25) is 0 Å². The first-order chi connectivity index (χ1) is 12.1. The maximum atomic E-state index is 12.4. The van der Waals surface area contributed by atoms with Crippen LogP contribution in [-0.4, -0.2) is 53.8 Å². The summed E-state index contributed by atoms with van der Waals surface area (Å²) in [5, 5.41) is 16.1. The first kappa shape index (κ1) is 21.3. The summed E-state index contributed by atoms with van der Waals surface area (Å²) >= 11 is 1.51. The van der Waals surface area contributed by atoms with Crippen LogP contribution in [0.15, 0.2) is 6.20 Å². The average Bonchev–Trinajstić information content (AvgIpc) is 3.12. The van der Waals surface area contributed by atoms with E-state index in [1.807, 2.05) is 0 Å². The molecule has 1 amide bonds. The van der Waals surface area contributed by atoms with Crippen molar-refractivity contribution in [3.63, 3.8) is 0 Å². The lowest BCUT2D eigenvalue weighted by Crippen LogP contribution is -2.39. The number of nitrogens with zero attached hydrogens (tertiary/aromatic N) is 1. The summed E-state index contributed by atoms with van der Waals surface area (Å²) in [6, 6.07) is 0.126. The van der Waals surface area contributed by atoms with Crippen molar-refractivity contribution in [3.8, 4) is 0 Å². The largest absolute Gasteiger partial charge is 0.480 e. The van der Waals surface area contributed by atoms with E-state index in [4.69, 9.17) is 9.84 Å². The number of carboxylic acid groups (broad SMARTS) is 1. The van der Waals surface area contributed by atoms with E-state index in [1.165, 1.54) is 11.3 Å². The van der Waals surface area contributed by atoms with Gasteiger partial charge in [-0.25, -0.2) is 9.78 Å². The van der Waals surface area contributed by atoms with Crippen molar-refractivity contribution in [1.29, 1.82) is 0 Å². The van der Waals surface area contributed by atoms with E-state index in [-0.39, 0.29) is 41.6 Å². The number of carboxylic acids is 1. The summed E-state index contributed by atoms with van der Waals surface area (Å²) in [7, 11) is 0. The number of nitrogens with one attached hydrogen (secondary N) is 2. The Hall–Kier alpha value is -1.03. The van der Waals surface area contributed by atoms with Gasteiger partial charge in [-0.3, -0.25) is 4.79 Å². The average molecular weight is 448 g/mol. The smallest absolute Gasteiger partial charge is 0.329 e. The molecule has 0 bridgehead atoms. The molecule has 7 nitrogen and oxygen atoms in total. The fourth-order valence-corrected chi connectivity index (χ4v) is 4.46. The Morgan fingerprint density at radius 1 is 1.23 bits per heavy atom. The highest BCUT2D eigenvalue weighted by atomic mass is 79.9. The van der Waals surface area contributed by atoms with Gasteiger partial charge in [-0.15, -0.1) is 28.3 Å². The first-order valence-electron chi connectivity index (χ1n) is 8.92. The van der Waals surface area contributed by atoms with Crippen LogP contribution in [0, 0.1) is 0 Å². The Balaban J connectivity index is 0.00000243. The van der Waals surface area contributed by atoms with Gasteiger partial charge in [0.1, 0.15) is 11.5 Å². The van der Waals surface area contributed by atoms with Crippen LogP contribution in [0.4, 0.5) is 0 Å². The quantitative estimate of drug-likeness (QED) is 0.618. The second kappa shape index (κ2) is 10.3. The molecule has 1 aromatic rings. The lowest BCUT2D eigenvalue weighted by molar-refractivity contribution is -0.145. The van der Waals surface area contributed by atoms with Crippen molar-refractivity contribution < 1.29 is 19.4 Å². The van der Waals surface area contributed by atoms with E-state index < -0.39 is 5.97 Å². The van der Waals surface area contributed by atoms with Crippen LogP contribution >= 0.6 is 28.3 Å². The number of hydrogen-bond donors (Lipinski definition) is 3. The lowest BCUT2D eigenvalue weighted by atomic mass is 9.93. The molecule has 146 valence electrons. The van der Waals surface area contributed by atoms with Gasteiger partial charge in [-0.05, 0) is 51.6 Å². The SMILES string of the molecule is Br.O=C(O)CO[C@H]1CC[C@H](NC(=O)c2cnc(C3CCNCC3)s2)CC1. The number of rotatable bonds is 6. The maximum Gasteiger partial charge on any atom is 0.329 e. The number of thiazole rings is 1. The fourth-order valence-electron chi connectivity index (χ4n) is 3.47. The van der Waals surface area contributed by atoms with E-state index in [0.29, 0.717) is 10.8 Å². The van der Waals surface area contributed by atoms with Crippen molar-refractivity contribution in [2.45, 2.75) is 56.6 Å². The summed E-state index contributed by atoms with van der Waals surface area (Å²) in [5.41, 5.74) is 0. The molecule has 3 N–H and O–H groups in total. The van der Waals surface area contributed by atoms with Crippen LogP contribution in [0.2, 0.25) is 0 Å². The highest BCUT2D eigenvalue weighted by Gasteiger charge is 2.25. The Morgan fingerprint density at radius 2 is 1.92 bits per heavy atom. The van der Waals surface area contributed by atoms with Gasteiger partial charge in [0.05, 0.1) is 17.3 Å². The topological polar surface area (TPSA) is 101 Å². The molecule has 1 aliphatic heterocycles. The predicted octanol–water partition coefficient (Wildman–Crippen LogP) is 2.33. The van der Waals surface area contributed by atoms with Gasteiger partial charge in [0, 0.05) is 12.0 Å². The molecule has 0 atom stereocenters. The zero-order valence-electron chi connectivity index (χ0n) is 14.6. The third-order valence-corrected chi connectivity index (χ3v) is 6.05. The van der Waals surface area contributed by atoms with Crippen LogP contribution in [0.1, 0.15) is 59.1 Å². The molecular weight excluding hydrogens is 422 g/mol. The molecule has 9 heteroatoms. The normalized spacial score (nSPS) is 23.8. The summed E-state index contributed by atoms with van der Waals surface area (Å²) in [6.07, 6.45) is 7.02. The number of aliphatic carboxylic acids is 1. The fraction of sp³-hybridized carbons (Fsp3) is 0.706. The molecule has 1 saturated heterocycles. The molecule has 1 saturated carbocycles. The van der Waals surface area contributed by atoms with Gasteiger partial charge in [0.25, 0.3) is 5.91 Å². The number of piperidine rings is 1. The Labute approximate surface area is 167 Å². The summed E-state index contributed by atoms with van der Waals surface area (Å²) in [6.45, 7) is 1.78. The molecule has 1 aliphatic carbocycles. The van der Waals surface area contributed by atoms with Crippen molar-refractivity contribution in [1.82, 2.24) is 15.6 Å². The molecule has 0 unspecified atom stereocenters. The molecule has 26 heavy (non-hydrogen) atoms. The van der Waals surface area contributed by atoms with Gasteiger partial charge in [0.15, 0.2) is 0 Å². The van der Waals surface area contributed by atoms with E-state index in [0.717, 1.165) is 56.6 Å². The highest BCUT2D eigenvalue weighted by molar-refractivity contribution is 8.93. The monoisotopic (exact) mass is 447 g/mol. The minimum absolute atomic E-state index is 0. The van der Waals surface area contributed by atoms with Gasteiger partial charge >= 0.3 is 5.97 Å². The molecule has 0 aromatic carbocycles. The Kier molecular flexibility index (Phi) is 8.46. The number of hydrogen-bond acceptors (Lipinski definition) is 6. The number of aromatic nitrogens is 1. The van der Waals surface area contributed by atoms with E-state index >= 15 is 0 Å². The van der Waals surface area contributed by atoms with Gasteiger partial charge in [-0.1, -0.05) is 0 Å². The molecule has 2 aliphatic rings. The van der Waals surface area contributed by atoms with Crippen molar-refractivity contribution >= 4 is 40.2 Å². The van der Waals surface area contributed by atoms with Crippen molar-refractivity contribution in [3.05, 3.63) is 16.1 Å². The Bertz CT molecular complexity index is 599. The first-order valence-corrected chi connectivity index (χ1v) is 9.74. The molecule has 0 spiro atoms. The number of carbonyl (C=O) groups is 2. The van der Waals surface area contributed by atoms with Gasteiger partial charge in [-0.2, -0.15) is 0 Å². The molecule has 2 heterocycles. The summed E-state index contributed by atoms with van der Waals surface area (Å²) in [4.78, 5) is 28.1. The Morgan fingerprint density at radius 3 is 2.58 bits per heavy atom. The third-order valence-electron chi connectivity index (χ3n) is 4.89. The number of halogens is 1. The van der Waals surface area contributed by atoms with Crippen LogP contribution in [-0.2, 0) is 9.53 Å². The third kappa shape index (κ3) is 6.00. The second-order valence-electron chi connectivity index (χ2n) is 6.74. The standard InChI is InChI=1S/C17H25N3O4S.BrH/c21-15(22)10-24-13-3-1-12(2-4-13)20-16(23)14-9-19-17(25-14)11-5-7-18-8-6-11;/h9,11-13,18H,1-8,10H2,(H,20,23)(H,21,22);1H/t12-,13-;. The minimum atomic E-state index is -0.940. The zero-order chi connectivity index (χ0) is 17.6. The number of amides is 1.